The lowest BCUT2D eigenvalue weighted by Crippen LogP contribution is -2.22. The fraction of sp³-hybridized carbons (Fsp3) is 0.400. The highest BCUT2D eigenvalue weighted by Gasteiger charge is 1.95. The Hall–Kier alpha value is -1.56. The third kappa shape index (κ3) is 2.75. The summed E-state index contributed by atoms with van der Waals surface area (Å²) in [5, 5.41) is 0. The Morgan fingerprint density at radius 3 is 3.15 bits per heavy atom. The van der Waals surface area contributed by atoms with Crippen molar-refractivity contribution in [3.63, 3.8) is 0 Å². The van der Waals surface area contributed by atoms with E-state index in [0.29, 0.717) is 13.0 Å². The van der Waals surface area contributed by atoms with Crippen LogP contribution in [0.5, 0.6) is 0 Å². The van der Waals surface area contributed by atoms with Crippen LogP contribution in [0, 0.1) is 19.3 Å². The third-order valence-electron chi connectivity index (χ3n) is 1.70. The summed E-state index contributed by atoms with van der Waals surface area (Å²) in [5.74, 6) is 2.54. The molecule has 0 saturated carbocycles. The van der Waals surface area contributed by atoms with Gasteiger partial charge in [-0.1, -0.05) is 0 Å². The Bertz CT molecular complexity index is 373. The molecule has 13 heavy (non-hydrogen) atoms. The quantitative estimate of drug-likeness (QED) is 0.508. The first-order chi connectivity index (χ1) is 6.24. The van der Waals surface area contributed by atoms with Crippen molar-refractivity contribution < 1.29 is 0 Å². The number of aryl methyl sites for hydroxylation is 2. The van der Waals surface area contributed by atoms with Gasteiger partial charge in [-0.05, 0) is 18.9 Å². The number of terminal acetylenes is 1. The third-order valence-corrected chi connectivity index (χ3v) is 1.70. The predicted octanol–water partition coefficient (Wildman–Crippen LogP) is 0.965. The first-order valence-electron chi connectivity index (χ1n) is 4.20. The van der Waals surface area contributed by atoms with Crippen LogP contribution in [0.2, 0.25) is 0 Å². The molecule has 3 nitrogen and oxygen atoms in total. The molecule has 0 amide bonds. The Morgan fingerprint density at radius 1 is 1.69 bits per heavy atom. The molecule has 0 fully saturated rings. The van der Waals surface area contributed by atoms with E-state index in [1.807, 2.05) is 6.92 Å². The number of hydrogen-bond acceptors (Lipinski definition) is 2. The smallest absolute Gasteiger partial charge is 0.299 e. The fourth-order valence-electron chi connectivity index (χ4n) is 1.08. The lowest BCUT2D eigenvalue weighted by Gasteiger charge is -2.02. The van der Waals surface area contributed by atoms with Crippen LogP contribution in [0.1, 0.15) is 18.4 Å². The van der Waals surface area contributed by atoms with Crippen LogP contribution in [0.4, 0.5) is 0 Å². The zero-order chi connectivity index (χ0) is 9.68. The van der Waals surface area contributed by atoms with Crippen LogP contribution in [-0.4, -0.2) is 9.55 Å². The maximum atomic E-state index is 11.2. The summed E-state index contributed by atoms with van der Waals surface area (Å²) in [6, 6.07) is 0. The van der Waals surface area contributed by atoms with E-state index in [2.05, 4.69) is 10.9 Å². The molecule has 1 aromatic rings. The van der Waals surface area contributed by atoms with E-state index in [1.165, 1.54) is 0 Å². The van der Waals surface area contributed by atoms with Crippen LogP contribution >= 0.6 is 0 Å². The molecule has 0 atom stereocenters. The maximum absolute atomic E-state index is 11.2. The monoisotopic (exact) mass is 176 g/mol. The van der Waals surface area contributed by atoms with E-state index in [0.717, 1.165) is 12.0 Å². The predicted molar refractivity (Wildman–Crippen MR) is 51.3 cm³/mol. The molecule has 1 aromatic heterocycles. The second-order valence-electron chi connectivity index (χ2n) is 2.91. The van der Waals surface area contributed by atoms with Gasteiger partial charge in [0.2, 0.25) is 0 Å². The molecule has 0 unspecified atom stereocenters. The van der Waals surface area contributed by atoms with Gasteiger partial charge in [-0.25, -0.2) is 9.78 Å². The van der Waals surface area contributed by atoms with Gasteiger partial charge in [0.15, 0.2) is 0 Å². The van der Waals surface area contributed by atoms with Gasteiger partial charge < -0.3 is 0 Å². The number of nitrogens with zero attached hydrogens (tertiary/aromatic N) is 2. The molecule has 1 rings (SSSR count). The van der Waals surface area contributed by atoms with E-state index >= 15 is 0 Å². The Kier molecular flexibility index (Phi) is 3.27. The normalized spacial score (nSPS) is 9.54. The SMILES string of the molecule is C#CCCCn1cc(C)cnc1=O. The highest BCUT2D eigenvalue weighted by molar-refractivity contribution is 4.99. The van der Waals surface area contributed by atoms with Crippen molar-refractivity contribution in [3.8, 4) is 12.3 Å². The van der Waals surface area contributed by atoms with Crippen molar-refractivity contribution in [2.75, 3.05) is 0 Å². The second-order valence-corrected chi connectivity index (χ2v) is 2.91. The maximum Gasteiger partial charge on any atom is 0.347 e. The molecular weight excluding hydrogens is 164 g/mol. The first-order valence-corrected chi connectivity index (χ1v) is 4.20. The van der Waals surface area contributed by atoms with Gasteiger partial charge in [0.05, 0.1) is 0 Å². The number of unbranched alkanes of at least 4 members (excludes halogenated alkanes) is 1. The summed E-state index contributed by atoms with van der Waals surface area (Å²) in [7, 11) is 0. The summed E-state index contributed by atoms with van der Waals surface area (Å²) in [6.45, 7) is 2.56. The van der Waals surface area contributed by atoms with Crippen molar-refractivity contribution in [3.05, 3.63) is 28.4 Å². The van der Waals surface area contributed by atoms with Crippen molar-refractivity contribution in [1.82, 2.24) is 9.55 Å². The fourth-order valence-corrected chi connectivity index (χ4v) is 1.08. The first kappa shape index (κ1) is 9.53. The largest absolute Gasteiger partial charge is 0.347 e. The Labute approximate surface area is 77.4 Å². The molecule has 0 spiro atoms. The summed E-state index contributed by atoms with van der Waals surface area (Å²) < 4.78 is 1.59. The van der Waals surface area contributed by atoms with Gasteiger partial charge in [0.1, 0.15) is 0 Å². The zero-order valence-electron chi connectivity index (χ0n) is 7.66. The average molecular weight is 176 g/mol. The van der Waals surface area contributed by atoms with Gasteiger partial charge in [0, 0.05) is 25.4 Å². The molecule has 68 valence electrons. The van der Waals surface area contributed by atoms with Gasteiger partial charge in [-0.2, -0.15) is 0 Å². The molecule has 0 bridgehead atoms. The summed E-state index contributed by atoms with van der Waals surface area (Å²) in [4.78, 5) is 14.9. The van der Waals surface area contributed by atoms with Gasteiger partial charge in [0.25, 0.3) is 0 Å². The molecule has 0 radical (unpaired) electrons. The Balaban J connectivity index is 2.71. The summed E-state index contributed by atoms with van der Waals surface area (Å²) >= 11 is 0. The molecule has 0 N–H and O–H groups in total. The Morgan fingerprint density at radius 2 is 2.46 bits per heavy atom. The lowest BCUT2D eigenvalue weighted by atomic mass is 10.3. The minimum Gasteiger partial charge on any atom is -0.299 e. The van der Waals surface area contributed by atoms with Crippen molar-refractivity contribution in [2.45, 2.75) is 26.3 Å². The van der Waals surface area contributed by atoms with Gasteiger partial charge in [-0.3, -0.25) is 4.57 Å². The highest BCUT2D eigenvalue weighted by atomic mass is 16.1. The van der Waals surface area contributed by atoms with Gasteiger partial charge >= 0.3 is 5.69 Å². The van der Waals surface area contributed by atoms with E-state index in [9.17, 15) is 4.79 Å². The van der Waals surface area contributed by atoms with Crippen molar-refractivity contribution in [1.29, 1.82) is 0 Å². The summed E-state index contributed by atoms with van der Waals surface area (Å²) in [6.07, 6.45) is 9.99. The van der Waals surface area contributed by atoms with E-state index in [-0.39, 0.29) is 5.69 Å². The van der Waals surface area contributed by atoms with Crippen LogP contribution in [-0.2, 0) is 6.54 Å². The van der Waals surface area contributed by atoms with Crippen LogP contribution in [0.25, 0.3) is 0 Å². The number of aromatic nitrogens is 2. The molecule has 1 heterocycles. The molecule has 0 aliphatic rings. The van der Waals surface area contributed by atoms with Crippen LogP contribution < -0.4 is 5.69 Å². The number of hydrogen-bond donors (Lipinski definition) is 0. The molecule has 0 saturated heterocycles. The van der Waals surface area contributed by atoms with E-state index in [1.54, 1.807) is 17.0 Å². The second kappa shape index (κ2) is 4.46. The minimum atomic E-state index is -0.206. The van der Waals surface area contributed by atoms with Crippen LogP contribution in [0.15, 0.2) is 17.2 Å². The van der Waals surface area contributed by atoms with E-state index in [4.69, 9.17) is 6.42 Å². The van der Waals surface area contributed by atoms with Crippen LogP contribution in [0.3, 0.4) is 0 Å². The molecule has 0 aliphatic carbocycles. The molecule has 3 heteroatoms. The topological polar surface area (TPSA) is 34.9 Å². The highest BCUT2D eigenvalue weighted by Crippen LogP contribution is 1.93. The van der Waals surface area contributed by atoms with Gasteiger partial charge in [-0.15, -0.1) is 12.3 Å². The molecular formula is C10H12N2O. The molecule has 0 aliphatic heterocycles. The standard InChI is InChI=1S/C10H12N2O/c1-3-4-5-6-12-8-9(2)7-11-10(12)13/h1,7-8H,4-6H2,2H3. The number of rotatable bonds is 3. The molecule has 0 aromatic carbocycles. The van der Waals surface area contributed by atoms with Crippen molar-refractivity contribution >= 4 is 0 Å². The summed E-state index contributed by atoms with van der Waals surface area (Å²) in [5.41, 5.74) is 0.780. The lowest BCUT2D eigenvalue weighted by molar-refractivity contribution is 0.614. The average Bonchev–Trinajstić information content (AvgIpc) is 2.11. The zero-order valence-corrected chi connectivity index (χ0v) is 7.66. The van der Waals surface area contributed by atoms with E-state index < -0.39 is 0 Å². The minimum absolute atomic E-state index is 0.206. The van der Waals surface area contributed by atoms with Crippen molar-refractivity contribution in [2.24, 2.45) is 0 Å².